The maximum Gasteiger partial charge on any atom is 0.209 e. The van der Waals surface area contributed by atoms with Crippen LogP contribution >= 0.6 is 0 Å². The molecule has 0 radical (unpaired) electrons. The van der Waals surface area contributed by atoms with Gasteiger partial charge in [-0.2, -0.15) is 0 Å². The van der Waals surface area contributed by atoms with Crippen molar-refractivity contribution >= 4 is 10.0 Å². The third-order valence-electron chi connectivity index (χ3n) is 2.60. The Kier molecular flexibility index (Phi) is 3.28. The molecule has 0 saturated carbocycles. The van der Waals surface area contributed by atoms with Crippen LogP contribution in [-0.2, 0) is 10.0 Å². The Morgan fingerprint density at radius 1 is 1.31 bits per heavy atom. The number of primary sulfonamides is 1. The maximum atomic E-state index is 11.0. The van der Waals surface area contributed by atoms with Crippen molar-refractivity contribution in [3.63, 3.8) is 0 Å². The predicted molar refractivity (Wildman–Crippen MR) is 51.6 cm³/mol. The Hall–Kier alpha value is -0.170. The predicted octanol–water partition coefficient (Wildman–Crippen LogP) is -1.40. The molecule has 78 valence electrons. The summed E-state index contributed by atoms with van der Waals surface area (Å²) in [4.78, 5) is 0. The fraction of sp³-hybridized carbons (Fsp3) is 1.00. The topological polar surface area (TPSA) is 98.2 Å². The first-order valence-electron chi connectivity index (χ1n) is 4.39. The summed E-state index contributed by atoms with van der Waals surface area (Å²) in [7, 11) is -3.40. The molecule has 1 fully saturated rings. The highest BCUT2D eigenvalue weighted by Gasteiger charge is 2.34. The Balaban J connectivity index is 2.68. The lowest BCUT2D eigenvalue weighted by Crippen LogP contribution is -2.46. The molecule has 0 unspecified atom stereocenters. The molecule has 1 heterocycles. The molecule has 5 nitrogen and oxygen atoms in total. The van der Waals surface area contributed by atoms with Gasteiger partial charge in [0.1, 0.15) is 0 Å². The number of nitrogens with two attached hydrogens (primary N) is 2. The van der Waals surface area contributed by atoms with Crippen molar-refractivity contribution in [3.8, 4) is 0 Å². The van der Waals surface area contributed by atoms with Gasteiger partial charge in [-0.05, 0) is 32.5 Å². The lowest BCUT2D eigenvalue weighted by atomic mass is 9.81. The normalized spacial score (nSPS) is 22.9. The van der Waals surface area contributed by atoms with Crippen LogP contribution in [0.25, 0.3) is 0 Å². The summed E-state index contributed by atoms with van der Waals surface area (Å²) < 4.78 is 21.9. The van der Waals surface area contributed by atoms with Crippen molar-refractivity contribution in [2.75, 3.05) is 25.4 Å². The molecule has 6 heteroatoms. The standard InChI is InChI=1S/C7H17N3O2S/c8-5-7(6-13(9,11)12)1-3-10-4-2-7/h10H,1-6,8H2,(H2,9,11,12). The number of nitrogens with one attached hydrogen (secondary N) is 1. The minimum absolute atomic E-state index is 0.0121. The van der Waals surface area contributed by atoms with E-state index in [1.165, 1.54) is 0 Å². The quantitative estimate of drug-likeness (QED) is 0.530. The number of sulfonamides is 1. The van der Waals surface area contributed by atoms with Gasteiger partial charge in [-0.25, -0.2) is 13.6 Å². The molecule has 1 aliphatic rings. The van der Waals surface area contributed by atoms with Crippen LogP contribution in [-0.4, -0.2) is 33.8 Å². The summed E-state index contributed by atoms with van der Waals surface area (Å²) in [5.74, 6) is 0.0121. The molecule has 1 aliphatic heterocycles. The van der Waals surface area contributed by atoms with E-state index in [2.05, 4.69) is 5.32 Å². The van der Waals surface area contributed by atoms with Gasteiger partial charge in [-0.15, -0.1) is 0 Å². The Morgan fingerprint density at radius 2 is 1.85 bits per heavy atom. The molecular weight excluding hydrogens is 190 g/mol. The van der Waals surface area contributed by atoms with Crippen molar-refractivity contribution in [1.29, 1.82) is 0 Å². The van der Waals surface area contributed by atoms with Crippen molar-refractivity contribution in [1.82, 2.24) is 5.32 Å². The van der Waals surface area contributed by atoms with Crippen LogP contribution in [0.5, 0.6) is 0 Å². The summed E-state index contributed by atoms with van der Waals surface area (Å²) in [6.07, 6.45) is 1.58. The molecule has 1 saturated heterocycles. The highest BCUT2D eigenvalue weighted by Crippen LogP contribution is 2.28. The minimum atomic E-state index is -3.40. The van der Waals surface area contributed by atoms with Gasteiger partial charge in [0.05, 0.1) is 5.75 Å². The average Bonchev–Trinajstić information content (AvgIpc) is 2.03. The van der Waals surface area contributed by atoms with E-state index >= 15 is 0 Å². The first-order chi connectivity index (χ1) is 5.97. The van der Waals surface area contributed by atoms with Crippen molar-refractivity contribution < 1.29 is 8.42 Å². The van der Waals surface area contributed by atoms with E-state index in [0.717, 1.165) is 25.9 Å². The van der Waals surface area contributed by atoms with E-state index in [-0.39, 0.29) is 11.2 Å². The van der Waals surface area contributed by atoms with Gasteiger partial charge in [0.2, 0.25) is 10.0 Å². The molecule has 1 rings (SSSR count). The van der Waals surface area contributed by atoms with Crippen LogP contribution in [0.15, 0.2) is 0 Å². The van der Waals surface area contributed by atoms with E-state index in [0.29, 0.717) is 6.54 Å². The summed E-state index contributed by atoms with van der Waals surface area (Å²) in [6, 6.07) is 0. The zero-order chi connectivity index (χ0) is 9.95. The fourth-order valence-electron chi connectivity index (χ4n) is 1.79. The summed E-state index contributed by atoms with van der Waals surface area (Å²) in [6.45, 7) is 2.05. The molecule has 0 bridgehead atoms. The Labute approximate surface area is 78.9 Å². The second-order valence-corrected chi connectivity index (χ2v) is 5.38. The van der Waals surface area contributed by atoms with Crippen LogP contribution in [0.1, 0.15) is 12.8 Å². The molecule has 0 aromatic heterocycles. The maximum absolute atomic E-state index is 11.0. The van der Waals surface area contributed by atoms with Crippen molar-refractivity contribution in [2.45, 2.75) is 12.8 Å². The summed E-state index contributed by atoms with van der Waals surface area (Å²) in [5.41, 5.74) is 5.30. The fourth-order valence-corrected chi connectivity index (χ4v) is 3.05. The lowest BCUT2D eigenvalue weighted by molar-refractivity contribution is 0.242. The molecule has 13 heavy (non-hydrogen) atoms. The van der Waals surface area contributed by atoms with Crippen LogP contribution in [0, 0.1) is 5.41 Å². The molecular formula is C7H17N3O2S. The highest BCUT2D eigenvalue weighted by atomic mass is 32.2. The number of hydrogen-bond acceptors (Lipinski definition) is 4. The van der Waals surface area contributed by atoms with Gasteiger partial charge < -0.3 is 11.1 Å². The van der Waals surface area contributed by atoms with E-state index in [1.54, 1.807) is 0 Å². The second-order valence-electron chi connectivity index (χ2n) is 3.76. The van der Waals surface area contributed by atoms with E-state index in [9.17, 15) is 8.42 Å². The van der Waals surface area contributed by atoms with Crippen LogP contribution in [0.3, 0.4) is 0 Å². The first-order valence-corrected chi connectivity index (χ1v) is 6.10. The zero-order valence-electron chi connectivity index (χ0n) is 7.62. The van der Waals surface area contributed by atoms with Gasteiger partial charge in [0.25, 0.3) is 0 Å². The molecule has 0 aromatic rings. The smallest absolute Gasteiger partial charge is 0.209 e. The van der Waals surface area contributed by atoms with Crippen LogP contribution in [0.2, 0.25) is 0 Å². The SMILES string of the molecule is NCC1(CS(N)(=O)=O)CCNCC1. The summed E-state index contributed by atoms with van der Waals surface area (Å²) >= 11 is 0. The van der Waals surface area contributed by atoms with Gasteiger partial charge in [0.15, 0.2) is 0 Å². The Bertz CT molecular complexity index is 257. The number of piperidine rings is 1. The summed E-state index contributed by atoms with van der Waals surface area (Å²) in [5, 5.41) is 8.19. The van der Waals surface area contributed by atoms with E-state index < -0.39 is 10.0 Å². The molecule has 0 aliphatic carbocycles. The molecule has 0 atom stereocenters. The lowest BCUT2D eigenvalue weighted by Gasteiger charge is -2.35. The highest BCUT2D eigenvalue weighted by molar-refractivity contribution is 7.89. The average molecular weight is 207 g/mol. The van der Waals surface area contributed by atoms with Gasteiger partial charge in [0, 0.05) is 5.41 Å². The van der Waals surface area contributed by atoms with Crippen molar-refractivity contribution in [2.24, 2.45) is 16.3 Å². The van der Waals surface area contributed by atoms with Gasteiger partial charge in [-0.1, -0.05) is 0 Å². The minimum Gasteiger partial charge on any atom is -0.330 e. The number of rotatable bonds is 3. The first kappa shape index (κ1) is 10.9. The monoisotopic (exact) mass is 207 g/mol. The third-order valence-corrected chi connectivity index (χ3v) is 3.62. The number of hydrogen-bond donors (Lipinski definition) is 3. The molecule has 0 amide bonds. The Morgan fingerprint density at radius 3 is 2.23 bits per heavy atom. The van der Waals surface area contributed by atoms with Gasteiger partial charge in [-0.3, -0.25) is 0 Å². The van der Waals surface area contributed by atoms with Crippen LogP contribution in [0.4, 0.5) is 0 Å². The molecule has 0 spiro atoms. The van der Waals surface area contributed by atoms with Crippen molar-refractivity contribution in [3.05, 3.63) is 0 Å². The van der Waals surface area contributed by atoms with E-state index in [4.69, 9.17) is 10.9 Å². The van der Waals surface area contributed by atoms with E-state index in [1.807, 2.05) is 0 Å². The largest absolute Gasteiger partial charge is 0.330 e. The van der Waals surface area contributed by atoms with Gasteiger partial charge >= 0.3 is 0 Å². The molecule has 5 N–H and O–H groups in total. The van der Waals surface area contributed by atoms with Crippen LogP contribution < -0.4 is 16.2 Å². The zero-order valence-corrected chi connectivity index (χ0v) is 8.44. The second kappa shape index (κ2) is 3.91. The third kappa shape index (κ3) is 3.22. The molecule has 0 aromatic carbocycles.